The molecule has 24 heavy (non-hydrogen) atoms. The zero-order valence-electron chi connectivity index (χ0n) is 14.5. The molecule has 0 saturated carbocycles. The van der Waals surface area contributed by atoms with Crippen molar-refractivity contribution >= 4 is 5.91 Å². The second kappa shape index (κ2) is 6.01. The van der Waals surface area contributed by atoms with Gasteiger partial charge >= 0.3 is 0 Å². The number of β-amino-alcohol motifs (C(OH)–C–C–N with tert-alkyl or cyclic N) is 1. The van der Waals surface area contributed by atoms with E-state index in [0.29, 0.717) is 42.1 Å². The van der Waals surface area contributed by atoms with E-state index >= 15 is 0 Å². The maximum Gasteiger partial charge on any atom is 0.259 e. The van der Waals surface area contributed by atoms with Gasteiger partial charge in [0, 0.05) is 25.4 Å². The SMILES string of the molecule is CCc1onc(C)c1C(=O)N1CC[C@@](O)(c2cn(C(C)C)nn2)C1. The van der Waals surface area contributed by atoms with Gasteiger partial charge in [-0.1, -0.05) is 17.3 Å². The molecule has 8 heteroatoms. The van der Waals surface area contributed by atoms with Crippen LogP contribution in [0.5, 0.6) is 0 Å². The quantitative estimate of drug-likeness (QED) is 0.909. The molecule has 1 amide bonds. The Morgan fingerprint density at radius 1 is 1.50 bits per heavy atom. The van der Waals surface area contributed by atoms with E-state index in [1.54, 1.807) is 22.7 Å². The molecule has 0 aliphatic carbocycles. The molecule has 1 atom stereocenters. The van der Waals surface area contributed by atoms with Crippen molar-refractivity contribution in [3.8, 4) is 0 Å². The minimum atomic E-state index is -1.17. The van der Waals surface area contributed by atoms with Crippen molar-refractivity contribution in [1.82, 2.24) is 25.1 Å². The number of hydrogen-bond acceptors (Lipinski definition) is 6. The number of carbonyl (C=O) groups is 1. The van der Waals surface area contributed by atoms with E-state index in [1.807, 2.05) is 20.8 Å². The van der Waals surface area contributed by atoms with E-state index in [4.69, 9.17) is 4.52 Å². The Bertz CT molecular complexity index is 751. The number of amides is 1. The van der Waals surface area contributed by atoms with Crippen LogP contribution in [0.1, 0.15) is 60.7 Å². The Kier molecular flexibility index (Phi) is 4.16. The Labute approximate surface area is 140 Å². The maximum absolute atomic E-state index is 12.8. The molecule has 0 spiro atoms. The van der Waals surface area contributed by atoms with Crippen molar-refractivity contribution in [3.05, 3.63) is 28.9 Å². The van der Waals surface area contributed by atoms with Crippen LogP contribution in [0.3, 0.4) is 0 Å². The van der Waals surface area contributed by atoms with E-state index in [9.17, 15) is 9.90 Å². The van der Waals surface area contributed by atoms with E-state index in [1.165, 1.54) is 0 Å². The van der Waals surface area contributed by atoms with Gasteiger partial charge in [-0.2, -0.15) is 0 Å². The van der Waals surface area contributed by atoms with E-state index in [-0.39, 0.29) is 18.5 Å². The van der Waals surface area contributed by atoms with Crippen molar-refractivity contribution in [3.63, 3.8) is 0 Å². The van der Waals surface area contributed by atoms with E-state index in [0.717, 1.165) is 0 Å². The van der Waals surface area contributed by atoms with Gasteiger partial charge in [0.05, 0.1) is 18.4 Å². The van der Waals surface area contributed by atoms with Crippen LogP contribution in [-0.2, 0) is 12.0 Å². The zero-order valence-corrected chi connectivity index (χ0v) is 14.5. The third kappa shape index (κ3) is 2.71. The van der Waals surface area contributed by atoms with E-state index in [2.05, 4.69) is 15.5 Å². The van der Waals surface area contributed by atoms with Crippen LogP contribution in [-0.4, -0.2) is 49.2 Å². The molecular weight excluding hydrogens is 310 g/mol. The molecule has 3 rings (SSSR count). The summed E-state index contributed by atoms with van der Waals surface area (Å²) in [6.45, 7) is 8.31. The highest BCUT2D eigenvalue weighted by Gasteiger charge is 2.43. The second-order valence-corrected chi connectivity index (χ2v) is 6.61. The standard InChI is InChI=1S/C16H23N5O3/c1-5-12-14(11(4)18-24-12)15(22)20-7-6-16(23,9-20)13-8-21(10(2)3)19-17-13/h8,10,23H,5-7,9H2,1-4H3/t16-/m0/s1. The fourth-order valence-corrected chi connectivity index (χ4v) is 3.01. The molecule has 2 aromatic heterocycles. The van der Waals surface area contributed by atoms with Crippen molar-refractivity contribution in [2.75, 3.05) is 13.1 Å². The molecule has 8 nitrogen and oxygen atoms in total. The molecule has 1 aliphatic heterocycles. The van der Waals surface area contributed by atoms with E-state index < -0.39 is 5.60 Å². The fourth-order valence-electron chi connectivity index (χ4n) is 3.01. The Hall–Kier alpha value is -2.22. The molecule has 0 aromatic carbocycles. The third-order valence-electron chi connectivity index (χ3n) is 4.52. The Morgan fingerprint density at radius 3 is 2.88 bits per heavy atom. The van der Waals surface area contributed by atoms with Gasteiger partial charge in [-0.3, -0.25) is 4.79 Å². The lowest BCUT2D eigenvalue weighted by atomic mass is 10.00. The Morgan fingerprint density at radius 2 is 2.25 bits per heavy atom. The molecule has 0 unspecified atom stereocenters. The predicted molar refractivity (Wildman–Crippen MR) is 85.4 cm³/mol. The first-order valence-electron chi connectivity index (χ1n) is 8.25. The first kappa shape index (κ1) is 16.6. The van der Waals surface area contributed by atoms with Crippen molar-refractivity contribution in [2.24, 2.45) is 0 Å². The highest BCUT2D eigenvalue weighted by atomic mass is 16.5. The number of aromatic nitrogens is 4. The number of rotatable bonds is 4. The average molecular weight is 333 g/mol. The minimum absolute atomic E-state index is 0.155. The molecule has 2 aromatic rings. The molecular formula is C16H23N5O3. The maximum atomic E-state index is 12.8. The molecule has 0 radical (unpaired) electrons. The number of hydrogen-bond donors (Lipinski definition) is 1. The van der Waals surface area contributed by atoms with Crippen molar-refractivity contribution in [2.45, 2.75) is 52.2 Å². The number of nitrogens with zero attached hydrogens (tertiary/aromatic N) is 5. The van der Waals surface area contributed by atoms with Crippen LogP contribution in [0.2, 0.25) is 0 Å². The van der Waals surface area contributed by atoms with Crippen LogP contribution >= 0.6 is 0 Å². The summed E-state index contributed by atoms with van der Waals surface area (Å²) in [5, 5.41) is 22.9. The van der Waals surface area contributed by atoms with Gasteiger partial charge in [0.1, 0.15) is 22.6 Å². The molecule has 130 valence electrons. The number of likely N-dealkylation sites (tertiary alicyclic amines) is 1. The first-order chi connectivity index (χ1) is 11.4. The van der Waals surface area contributed by atoms with Gasteiger partial charge in [-0.05, 0) is 20.8 Å². The second-order valence-electron chi connectivity index (χ2n) is 6.61. The normalized spacial score (nSPS) is 21.0. The van der Waals surface area contributed by atoms with Crippen LogP contribution in [0.15, 0.2) is 10.7 Å². The summed E-state index contributed by atoms with van der Waals surface area (Å²) in [4.78, 5) is 14.4. The molecule has 1 fully saturated rings. The predicted octanol–water partition coefficient (Wildman–Crippen LogP) is 1.45. The van der Waals surface area contributed by atoms with Gasteiger partial charge in [0.15, 0.2) is 0 Å². The van der Waals surface area contributed by atoms with Crippen LogP contribution in [0.4, 0.5) is 0 Å². The van der Waals surface area contributed by atoms with Gasteiger partial charge < -0.3 is 14.5 Å². The fraction of sp³-hybridized carbons (Fsp3) is 0.625. The summed E-state index contributed by atoms with van der Waals surface area (Å²) in [7, 11) is 0. The molecule has 1 N–H and O–H groups in total. The molecule has 1 aliphatic rings. The van der Waals surface area contributed by atoms with Crippen molar-refractivity contribution < 1.29 is 14.4 Å². The topological polar surface area (TPSA) is 97.3 Å². The van der Waals surface area contributed by atoms with Gasteiger partial charge in [-0.15, -0.1) is 5.10 Å². The molecule has 3 heterocycles. The summed E-state index contributed by atoms with van der Waals surface area (Å²) in [6, 6.07) is 0.167. The Balaban J connectivity index is 1.81. The molecule has 1 saturated heterocycles. The minimum Gasteiger partial charge on any atom is -0.381 e. The molecule has 0 bridgehead atoms. The van der Waals surface area contributed by atoms with Gasteiger partial charge in [0.25, 0.3) is 5.91 Å². The monoisotopic (exact) mass is 333 g/mol. The van der Waals surface area contributed by atoms with Crippen LogP contribution in [0.25, 0.3) is 0 Å². The number of carbonyl (C=O) groups excluding carboxylic acids is 1. The van der Waals surface area contributed by atoms with Gasteiger partial charge in [-0.25, -0.2) is 4.68 Å². The summed E-state index contributed by atoms with van der Waals surface area (Å²) in [5.74, 6) is 0.427. The highest BCUT2D eigenvalue weighted by Crippen LogP contribution is 2.32. The first-order valence-corrected chi connectivity index (χ1v) is 8.25. The average Bonchev–Trinajstić information content (AvgIpc) is 3.24. The number of aliphatic hydroxyl groups is 1. The smallest absolute Gasteiger partial charge is 0.259 e. The zero-order chi connectivity index (χ0) is 17.5. The summed E-state index contributed by atoms with van der Waals surface area (Å²) >= 11 is 0. The lowest BCUT2D eigenvalue weighted by Crippen LogP contribution is -2.35. The van der Waals surface area contributed by atoms with Crippen LogP contribution in [0, 0.1) is 6.92 Å². The van der Waals surface area contributed by atoms with Crippen LogP contribution < -0.4 is 0 Å². The summed E-state index contributed by atoms with van der Waals surface area (Å²) in [6.07, 6.45) is 2.78. The lowest BCUT2D eigenvalue weighted by molar-refractivity contribution is 0.0381. The third-order valence-corrected chi connectivity index (χ3v) is 4.52. The summed E-state index contributed by atoms with van der Waals surface area (Å²) in [5.41, 5.74) is 0.426. The van der Waals surface area contributed by atoms with Crippen molar-refractivity contribution in [1.29, 1.82) is 0 Å². The van der Waals surface area contributed by atoms with Gasteiger partial charge in [0.2, 0.25) is 0 Å². The highest BCUT2D eigenvalue weighted by molar-refractivity contribution is 5.96. The number of aryl methyl sites for hydroxylation is 2. The summed E-state index contributed by atoms with van der Waals surface area (Å²) < 4.78 is 6.91. The largest absolute Gasteiger partial charge is 0.381 e. The lowest BCUT2D eigenvalue weighted by Gasteiger charge is -2.21.